The van der Waals surface area contributed by atoms with Crippen LogP contribution in [-0.4, -0.2) is 47.5 Å². The lowest BCUT2D eigenvalue weighted by Gasteiger charge is -2.38. The SMILES string of the molecule is CC(O)C(C)(C)CN1CCC(CO)CC1. The summed E-state index contributed by atoms with van der Waals surface area (Å²) < 4.78 is 0. The van der Waals surface area contributed by atoms with Crippen LogP contribution in [0.5, 0.6) is 0 Å². The maximum atomic E-state index is 9.64. The highest BCUT2D eigenvalue weighted by atomic mass is 16.3. The molecule has 2 N–H and O–H groups in total. The van der Waals surface area contributed by atoms with E-state index in [4.69, 9.17) is 5.11 Å². The molecule has 1 rings (SSSR count). The molecule has 0 aliphatic carbocycles. The lowest BCUT2D eigenvalue weighted by Crippen LogP contribution is -2.44. The Balaban J connectivity index is 2.35. The summed E-state index contributed by atoms with van der Waals surface area (Å²) in [4.78, 5) is 2.40. The van der Waals surface area contributed by atoms with Crippen molar-refractivity contribution in [3.63, 3.8) is 0 Å². The number of rotatable bonds is 4. The van der Waals surface area contributed by atoms with Crippen molar-refractivity contribution >= 4 is 0 Å². The number of likely N-dealkylation sites (tertiary alicyclic amines) is 1. The predicted molar refractivity (Wildman–Crippen MR) is 61.7 cm³/mol. The molecule has 0 radical (unpaired) electrons. The number of aliphatic hydroxyl groups excluding tert-OH is 2. The van der Waals surface area contributed by atoms with Gasteiger partial charge >= 0.3 is 0 Å². The predicted octanol–water partition coefficient (Wildman–Crippen LogP) is 1.10. The van der Waals surface area contributed by atoms with E-state index >= 15 is 0 Å². The van der Waals surface area contributed by atoms with Crippen LogP contribution >= 0.6 is 0 Å². The van der Waals surface area contributed by atoms with Crippen LogP contribution in [0.25, 0.3) is 0 Å². The molecule has 0 amide bonds. The summed E-state index contributed by atoms with van der Waals surface area (Å²) in [6.45, 7) is 9.46. The number of hydrogen-bond donors (Lipinski definition) is 2. The van der Waals surface area contributed by atoms with Gasteiger partial charge in [0.05, 0.1) is 6.10 Å². The molecule has 1 unspecified atom stereocenters. The molecule has 1 aliphatic heterocycles. The van der Waals surface area contributed by atoms with Crippen LogP contribution in [0.3, 0.4) is 0 Å². The van der Waals surface area contributed by atoms with E-state index in [-0.39, 0.29) is 11.5 Å². The molecule has 0 aromatic carbocycles. The van der Waals surface area contributed by atoms with Crippen LogP contribution in [0.1, 0.15) is 33.6 Å². The first kappa shape index (κ1) is 12.9. The van der Waals surface area contributed by atoms with Crippen molar-refractivity contribution in [1.29, 1.82) is 0 Å². The fraction of sp³-hybridized carbons (Fsp3) is 1.00. The molecule has 0 spiro atoms. The van der Waals surface area contributed by atoms with E-state index < -0.39 is 0 Å². The van der Waals surface area contributed by atoms with Gasteiger partial charge in [0.1, 0.15) is 0 Å². The van der Waals surface area contributed by atoms with Crippen molar-refractivity contribution in [3.05, 3.63) is 0 Å². The second-order valence-electron chi connectivity index (χ2n) is 5.57. The highest BCUT2D eigenvalue weighted by molar-refractivity contribution is 4.81. The average Bonchev–Trinajstić information content (AvgIpc) is 2.18. The Bertz CT molecular complexity index is 184. The van der Waals surface area contributed by atoms with E-state index in [1.165, 1.54) is 0 Å². The van der Waals surface area contributed by atoms with Crippen LogP contribution < -0.4 is 0 Å². The summed E-state index contributed by atoms with van der Waals surface area (Å²) >= 11 is 0. The molecule has 0 saturated carbocycles. The van der Waals surface area contributed by atoms with E-state index in [0.717, 1.165) is 32.5 Å². The maximum Gasteiger partial charge on any atom is 0.0575 e. The van der Waals surface area contributed by atoms with Crippen molar-refractivity contribution in [1.82, 2.24) is 4.90 Å². The first-order valence-electron chi connectivity index (χ1n) is 5.97. The van der Waals surface area contributed by atoms with E-state index in [0.29, 0.717) is 12.5 Å². The minimum absolute atomic E-state index is 0.0357. The van der Waals surface area contributed by atoms with Crippen LogP contribution in [0, 0.1) is 11.3 Å². The Labute approximate surface area is 93.1 Å². The Morgan fingerprint density at radius 1 is 1.33 bits per heavy atom. The minimum Gasteiger partial charge on any atom is -0.396 e. The zero-order chi connectivity index (χ0) is 11.5. The molecule has 1 atom stereocenters. The molecule has 15 heavy (non-hydrogen) atoms. The molecule has 90 valence electrons. The second-order valence-corrected chi connectivity index (χ2v) is 5.57. The molecule has 0 aromatic heterocycles. The normalized spacial score (nSPS) is 23.0. The molecule has 0 aromatic rings. The third-order valence-electron chi connectivity index (χ3n) is 3.73. The van der Waals surface area contributed by atoms with Crippen molar-refractivity contribution in [2.75, 3.05) is 26.2 Å². The first-order valence-corrected chi connectivity index (χ1v) is 5.97. The van der Waals surface area contributed by atoms with Gasteiger partial charge in [-0.3, -0.25) is 0 Å². The zero-order valence-corrected chi connectivity index (χ0v) is 10.2. The van der Waals surface area contributed by atoms with E-state index in [1.807, 2.05) is 6.92 Å². The van der Waals surface area contributed by atoms with E-state index in [9.17, 15) is 5.11 Å². The summed E-state index contributed by atoms with van der Waals surface area (Å²) in [6.07, 6.45) is 1.91. The van der Waals surface area contributed by atoms with Gasteiger partial charge in [0.2, 0.25) is 0 Å². The van der Waals surface area contributed by atoms with Gasteiger partial charge in [-0.1, -0.05) is 13.8 Å². The van der Waals surface area contributed by atoms with Gasteiger partial charge in [-0.15, -0.1) is 0 Å². The molecule has 3 nitrogen and oxygen atoms in total. The number of aliphatic hydroxyl groups is 2. The van der Waals surface area contributed by atoms with Crippen LogP contribution in [-0.2, 0) is 0 Å². The molecule has 1 saturated heterocycles. The van der Waals surface area contributed by atoms with Gasteiger partial charge in [0.25, 0.3) is 0 Å². The maximum absolute atomic E-state index is 9.64. The Morgan fingerprint density at radius 3 is 2.27 bits per heavy atom. The fourth-order valence-corrected chi connectivity index (χ4v) is 2.04. The van der Waals surface area contributed by atoms with Crippen LogP contribution in [0.15, 0.2) is 0 Å². The summed E-state index contributed by atoms with van der Waals surface area (Å²) in [5, 5.41) is 18.7. The zero-order valence-electron chi connectivity index (χ0n) is 10.2. The number of nitrogens with zero attached hydrogens (tertiary/aromatic N) is 1. The van der Waals surface area contributed by atoms with Crippen molar-refractivity contribution < 1.29 is 10.2 Å². The van der Waals surface area contributed by atoms with Gasteiger partial charge < -0.3 is 15.1 Å². The fourth-order valence-electron chi connectivity index (χ4n) is 2.04. The Kier molecular flexibility index (Phi) is 4.56. The van der Waals surface area contributed by atoms with Crippen molar-refractivity contribution in [2.24, 2.45) is 11.3 Å². The van der Waals surface area contributed by atoms with E-state index in [1.54, 1.807) is 0 Å². The molecule has 1 fully saturated rings. The van der Waals surface area contributed by atoms with Crippen LogP contribution in [0.4, 0.5) is 0 Å². The van der Waals surface area contributed by atoms with Crippen LogP contribution in [0.2, 0.25) is 0 Å². The molecular weight excluding hydrogens is 190 g/mol. The highest BCUT2D eigenvalue weighted by Crippen LogP contribution is 2.25. The van der Waals surface area contributed by atoms with Crippen molar-refractivity contribution in [2.45, 2.75) is 39.7 Å². The third-order valence-corrected chi connectivity index (χ3v) is 3.73. The van der Waals surface area contributed by atoms with Gasteiger partial charge in [-0.05, 0) is 38.8 Å². The molecule has 3 heteroatoms. The Hall–Kier alpha value is -0.120. The topological polar surface area (TPSA) is 43.7 Å². The molecule has 1 aliphatic rings. The first-order chi connectivity index (χ1) is 6.95. The standard InChI is InChI=1S/C12H25NO2/c1-10(15)12(2,3)9-13-6-4-11(8-14)5-7-13/h10-11,14-15H,4-9H2,1-3H3. The lowest BCUT2D eigenvalue weighted by atomic mass is 9.85. The van der Waals surface area contributed by atoms with Gasteiger partial charge in [-0.2, -0.15) is 0 Å². The largest absolute Gasteiger partial charge is 0.396 e. The average molecular weight is 215 g/mol. The second kappa shape index (κ2) is 5.28. The van der Waals surface area contributed by atoms with Crippen molar-refractivity contribution in [3.8, 4) is 0 Å². The number of piperidine rings is 1. The quantitative estimate of drug-likeness (QED) is 0.738. The lowest BCUT2D eigenvalue weighted by molar-refractivity contribution is 0.0212. The van der Waals surface area contributed by atoms with Gasteiger partial charge in [0, 0.05) is 18.6 Å². The minimum atomic E-state index is -0.270. The highest BCUT2D eigenvalue weighted by Gasteiger charge is 2.28. The van der Waals surface area contributed by atoms with Gasteiger partial charge in [-0.25, -0.2) is 0 Å². The summed E-state index contributed by atoms with van der Waals surface area (Å²) in [6, 6.07) is 0. The van der Waals surface area contributed by atoms with E-state index in [2.05, 4.69) is 18.7 Å². The summed E-state index contributed by atoms with van der Waals surface area (Å²) in [5.74, 6) is 0.496. The monoisotopic (exact) mass is 215 g/mol. The smallest absolute Gasteiger partial charge is 0.0575 e. The molecule has 1 heterocycles. The van der Waals surface area contributed by atoms with Gasteiger partial charge in [0.15, 0.2) is 0 Å². The molecule has 0 bridgehead atoms. The summed E-state index contributed by atoms with van der Waals surface area (Å²) in [7, 11) is 0. The summed E-state index contributed by atoms with van der Waals surface area (Å²) in [5.41, 5.74) is -0.0357. The third kappa shape index (κ3) is 3.74. The molecular formula is C12H25NO2. The number of hydrogen-bond acceptors (Lipinski definition) is 3. The Morgan fingerprint density at radius 2 is 1.87 bits per heavy atom.